The summed E-state index contributed by atoms with van der Waals surface area (Å²) in [6.45, 7) is 9.04. The quantitative estimate of drug-likeness (QED) is 0.0344. The van der Waals surface area contributed by atoms with E-state index in [0.717, 1.165) is 63.7 Å². The molecule has 0 unspecified atom stereocenters. The van der Waals surface area contributed by atoms with Crippen molar-refractivity contribution in [3.8, 4) is 0 Å². The standard InChI is InChI=1S/C55H106O6/c1-5-7-9-11-13-15-17-19-20-21-23-27-31-35-39-43-47-54(57)60-50-52(49-59-53(56)46-42-38-34-30-26-22-18-16-14-12-10-8-6-2)61-55(58)48-44-40-36-32-28-24-25-29-33-37-41-45-51(3)4/h51-52H,5-50H2,1-4H3/t52-/m0/s1. The predicted octanol–water partition coefficient (Wildman–Crippen LogP) is 17.8. The third-order valence-corrected chi connectivity index (χ3v) is 12.5. The van der Waals surface area contributed by atoms with Gasteiger partial charge in [-0.25, -0.2) is 0 Å². The van der Waals surface area contributed by atoms with Crippen LogP contribution in [0, 0.1) is 5.92 Å². The van der Waals surface area contributed by atoms with Crippen LogP contribution in [-0.2, 0) is 28.6 Å². The summed E-state index contributed by atoms with van der Waals surface area (Å²) in [4.78, 5) is 38.0. The largest absolute Gasteiger partial charge is 0.462 e. The molecule has 0 saturated carbocycles. The normalized spacial score (nSPS) is 12.0. The molecule has 6 nitrogen and oxygen atoms in total. The zero-order valence-electron chi connectivity index (χ0n) is 41.6. The van der Waals surface area contributed by atoms with E-state index in [2.05, 4.69) is 27.7 Å². The summed E-state index contributed by atoms with van der Waals surface area (Å²) < 4.78 is 16.8. The highest BCUT2D eigenvalue weighted by Gasteiger charge is 2.19. The molecule has 0 aliphatic carbocycles. The van der Waals surface area contributed by atoms with E-state index in [1.54, 1.807) is 0 Å². The Morgan fingerprint density at radius 3 is 0.803 bits per heavy atom. The van der Waals surface area contributed by atoms with Crippen molar-refractivity contribution in [2.24, 2.45) is 5.92 Å². The lowest BCUT2D eigenvalue weighted by Gasteiger charge is -2.18. The second kappa shape index (κ2) is 49.4. The highest BCUT2D eigenvalue weighted by atomic mass is 16.6. The molecular weight excluding hydrogens is 757 g/mol. The van der Waals surface area contributed by atoms with Crippen molar-refractivity contribution in [2.45, 2.75) is 316 Å². The maximum Gasteiger partial charge on any atom is 0.306 e. The summed E-state index contributed by atoms with van der Waals surface area (Å²) in [5.41, 5.74) is 0. The maximum atomic E-state index is 12.8. The maximum absolute atomic E-state index is 12.8. The molecule has 6 heteroatoms. The monoisotopic (exact) mass is 863 g/mol. The van der Waals surface area contributed by atoms with Gasteiger partial charge in [0.15, 0.2) is 6.10 Å². The van der Waals surface area contributed by atoms with E-state index in [9.17, 15) is 14.4 Å². The van der Waals surface area contributed by atoms with Crippen LogP contribution < -0.4 is 0 Å². The zero-order chi connectivity index (χ0) is 44.5. The number of carbonyl (C=O) groups is 3. The number of hydrogen-bond acceptors (Lipinski definition) is 6. The number of rotatable bonds is 50. The van der Waals surface area contributed by atoms with Gasteiger partial charge in [0, 0.05) is 19.3 Å². The van der Waals surface area contributed by atoms with Crippen molar-refractivity contribution in [3.63, 3.8) is 0 Å². The molecule has 0 fully saturated rings. The average Bonchev–Trinajstić information content (AvgIpc) is 3.24. The summed E-state index contributed by atoms with van der Waals surface area (Å²) >= 11 is 0. The lowest BCUT2D eigenvalue weighted by molar-refractivity contribution is -0.167. The number of hydrogen-bond donors (Lipinski definition) is 0. The minimum Gasteiger partial charge on any atom is -0.462 e. The first-order valence-corrected chi connectivity index (χ1v) is 27.4. The van der Waals surface area contributed by atoms with Crippen molar-refractivity contribution >= 4 is 17.9 Å². The Hall–Kier alpha value is -1.59. The summed E-state index contributed by atoms with van der Waals surface area (Å²) in [5, 5.41) is 0. The minimum atomic E-state index is -0.761. The number of carbonyl (C=O) groups excluding carboxylic acids is 3. The smallest absolute Gasteiger partial charge is 0.306 e. The third kappa shape index (κ3) is 49.3. The molecule has 0 aromatic carbocycles. The molecule has 0 N–H and O–H groups in total. The van der Waals surface area contributed by atoms with E-state index in [0.29, 0.717) is 19.3 Å². The molecule has 0 aromatic heterocycles. The van der Waals surface area contributed by atoms with E-state index in [1.165, 1.54) is 205 Å². The predicted molar refractivity (Wildman–Crippen MR) is 261 cm³/mol. The Kier molecular flexibility index (Phi) is 48.1. The molecule has 362 valence electrons. The van der Waals surface area contributed by atoms with Crippen LogP contribution in [0.5, 0.6) is 0 Å². The molecule has 0 amide bonds. The van der Waals surface area contributed by atoms with Crippen LogP contribution in [0.3, 0.4) is 0 Å². The molecule has 0 heterocycles. The molecule has 0 aliphatic heterocycles. The van der Waals surface area contributed by atoms with Gasteiger partial charge in [-0.1, -0.05) is 272 Å². The minimum absolute atomic E-state index is 0.0623. The van der Waals surface area contributed by atoms with Gasteiger partial charge >= 0.3 is 17.9 Å². The summed E-state index contributed by atoms with van der Waals surface area (Å²) in [6, 6.07) is 0. The van der Waals surface area contributed by atoms with Gasteiger partial charge in [-0.15, -0.1) is 0 Å². The van der Waals surface area contributed by atoms with Gasteiger partial charge < -0.3 is 14.2 Å². The van der Waals surface area contributed by atoms with E-state index in [1.807, 2.05) is 0 Å². The van der Waals surface area contributed by atoms with Crippen molar-refractivity contribution in [3.05, 3.63) is 0 Å². The van der Waals surface area contributed by atoms with Gasteiger partial charge in [-0.05, 0) is 25.2 Å². The average molecular weight is 863 g/mol. The van der Waals surface area contributed by atoms with Gasteiger partial charge in [-0.3, -0.25) is 14.4 Å². The zero-order valence-corrected chi connectivity index (χ0v) is 41.6. The Morgan fingerprint density at radius 1 is 0.311 bits per heavy atom. The van der Waals surface area contributed by atoms with Crippen LogP contribution in [0.4, 0.5) is 0 Å². The fraction of sp³-hybridized carbons (Fsp3) is 0.945. The highest BCUT2D eigenvalue weighted by molar-refractivity contribution is 5.71. The topological polar surface area (TPSA) is 78.9 Å². The van der Waals surface area contributed by atoms with Gasteiger partial charge in [0.2, 0.25) is 0 Å². The molecule has 0 rings (SSSR count). The number of esters is 3. The Bertz CT molecular complexity index is 918. The van der Waals surface area contributed by atoms with Crippen LogP contribution >= 0.6 is 0 Å². The van der Waals surface area contributed by atoms with Crippen LogP contribution in [0.1, 0.15) is 310 Å². The number of unbranched alkanes of at least 4 members (excludes halogenated alkanes) is 37. The van der Waals surface area contributed by atoms with Gasteiger partial charge in [0.05, 0.1) is 0 Å². The molecule has 0 bridgehead atoms. The number of ether oxygens (including phenoxy) is 3. The molecule has 0 aromatic rings. The molecule has 0 radical (unpaired) electrons. The van der Waals surface area contributed by atoms with Crippen LogP contribution in [0.2, 0.25) is 0 Å². The van der Waals surface area contributed by atoms with E-state index in [-0.39, 0.29) is 31.1 Å². The molecule has 0 aliphatic rings. The lowest BCUT2D eigenvalue weighted by atomic mass is 10.0. The molecular formula is C55H106O6. The van der Waals surface area contributed by atoms with Crippen molar-refractivity contribution in [2.75, 3.05) is 13.2 Å². The van der Waals surface area contributed by atoms with Crippen LogP contribution in [0.25, 0.3) is 0 Å². The fourth-order valence-electron chi connectivity index (χ4n) is 8.39. The molecule has 0 spiro atoms. The lowest BCUT2D eigenvalue weighted by Crippen LogP contribution is -2.30. The van der Waals surface area contributed by atoms with Crippen molar-refractivity contribution in [1.29, 1.82) is 0 Å². The van der Waals surface area contributed by atoms with E-state index >= 15 is 0 Å². The first-order chi connectivity index (χ1) is 29.9. The second-order valence-electron chi connectivity index (χ2n) is 19.3. The van der Waals surface area contributed by atoms with E-state index < -0.39 is 6.10 Å². The van der Waals surface area contributed by atoms with Crippen molar-refractivity contribution in [1.82, 2.24) is 0 Å². The van der Waals surface area contributed by atoms with Crippen molar-refractivity contribution < 1.29 is 28.6 Å². The molecule has 0 saturated heterocycles. The van der Waals surface area contributed by atoms with Gasteiger partial charge in [-0.2, -0.15) is 0 Å². The first-order valence-electron chi connectivity index (χ1n) is 27.4. The Labute approximate surface area is 380 Å². The van der Waals surface area contributed by atoms with Gasteiger partial charge in [0.25, 0.3) is 0 Å². The first kappa shape index (κ1) is 59.4. The Balaban J connectivity index is 4.30. The Morgan fingerprint density at radius 2 is 0.541 bits per heavy atom. The third-order valence-electron chi connectivity index (χ3n) is 12.5. The summed E-state index contributed by atoms with van der Waals surface area (Å²) in [5.74, 6) is -0.0149. The highest BCUT2D eigenvalue weighted by Crippen LogP contribution is 2.17. The molecule has 1 atom stereocenters. The molecule has 61 heavy (non-hydrogen) atoms. The van der Waals surface area contributed by atoms with Gasteiger partial charge in [0.1, 0.15) is 13.2 Å². The van der Waals surface area contributed by atoms with Crippen LogP contribution in [-0.4, -0.2) is 37.2 Å². The summed E-state index contributed by atoms with van der Waals surface area (Å²) in [7, 11) is 0. The SMILES string of the molecule is CCCCCCCCCCCCCCCCCCC(=O)OC[C@H](COC(=O)CCCCCCCCCCCCCCC)OC(=O)CCCCCCCCCCCCCC(C)C. The van der Waals surface area contributed by atoms with Crippen LogP contribution in [0.15, 0.2) is 0 Å². The van der Waals surface area contributed by atoms with E-state index in [4.69, 9.17) is 14.2 Å². The summed E-state index contributed by atoms with van der Waals surface area (Å²) in [6.07, 6.45) is 52.3. The fourth-order valence-corrected chi connectivity index (χ4v) is 8.39. The second-order valence-corrected chi connectivity index (χ2v) is 19.3.